The van der Waals surface area contributed by atoms with Gasteiger partial charge in [-0.3, -0.25) is 9.59 Å². The molecule has 1 aliphatic rings. The van der Waals surface area contributed by atoms with E-state index >= 15 is 0 Å². The number of amides is 1. The molecular weight excluding hydrogens is 319 g/mol. The number of halogens is 2. The van der Waals surface area contributed by atoms with Gasteiger partial charge in [-0.1, -0.05) is 35.0 Å². The maximum absolute atomic E-state index is 12.0. The lowest BCUT2D eigenvalue weighted by molar-refractivity contribution is -0.117. The van der Waals surface area contributed by atoms with Crippen LogP contribution in [-0.2, 0) is 9.59 Å². The molecule has 0 radical (unpaired) electrons. The third kappa shape index (κ3) is 3.09. The summed E-state index contributed by atoms with van der Waals surface area (Å²) < 4.78 is 0. The summed E-state index contributed by atoms with van der Waals surface area (Å²) in [6.07, 6.45) is 0.275. The van der Waals surface area contributed by atoms with Crippen molar-refractivity contribution in [2.45, 2.75) is 18.6 Å². The Morgan fingerprint density at radius 2 is 2.05 bits per heavy atom. The van der Waals surface area contributed by atoms with E-state index < -0.39 is 0 Å². The molecule has 4 nitrogen and oxygen atoms in total. The lowest BCUT2D eigenvalue weighted by Gasteiger charge is -2.19. The first kappa shape index (κ1) is 15.2. The Labute approximate surface area is 130 Å². The van der Waals surface area contributed by atoms with Gasteiger partial charge >= 0.3 is 0 Å². The molecule has 0 saturated carbocycles. The number of carbonyl (C=O) groups is 2. The van der Waals surface area contributed by atoms with Crippen molar-refractivity contribution in [2.24, 2.45) is 0 Å². The number of benzene rings is 1. The molecule has 2 rings (SSSR count). The van der Waals surface area contributed by atoms with Crippen molar-refractivity contribution in [3.63, 3.8) is 0 Å². The highest BCUT2D eigenvalue weighted by Gasteiger charge is 2.34. The molecule has 0 spiro atoms. The topological polar surface area (TPSA) is 61.2 Å². The average Bonchev–Trinajstić information content (AvgIpc) is 2.68. The van der Waals surface area contributed by atoms with Crippen LogP contribution in [0.25, 0.3) is 0 Å². The van der Waals surface area contributed by atoms with Gasteiger partial charge in [-0.15, -0.1) is 0 Å². The SMILES string of the molecule is CC(=O)SC1CC(=O)N(c2c(Cl)cc(C#N)cc2Cl)C1. The van der Waals surface area contributed by atoms with Crippen LogP contribution in [0.4, 0.5) is 5.69 Å². The first-order chi connectivity index (χ1) is 9.42. The zero-order chi connectivity index (χ0) is 14.9. The van der Waals surface area contributed by atoms with Crippen LogP contribution in [0.15, 0.2) is 12.1 Å². The van der Waals surface area contributed by atoms with Crippen molar-refractivity contribution in [2.75, 3.05) is 11.4 Å². The fourth-order valence-electron chi connectivity index (χ4n) is 2.09. The molecule has 0 N–H and O–H groups in total. The molecular formula is C13H10Cl2N2O2S. The van der Waals surface area contributed by atoms with Crippen LogP contribution < -0.4 is 4.90 Å². The minimum absolute atomic E-state index is 0.0262. The first-order valence-corrected chi connectivity index (χ1v) is 7.42. The Morgan fingerprint density at radius 3 is 2.55 bits per heavy atom. The summed E-state index contributed by atoms with van der Waals surface area (Å²) >= 11 is 13.4. The molecule has 1 fully saturated rings. The maximum atomic E-state index is 12.0. The summed E-state index contributed by atoms with van der Waals surface area (Å²) in [5.74, 6) is -0.128. The standard InChI is InChI=1S/C13H10Cl2N2O2S/c1-7(18)20-9-4-12(19)17(6-9)13-10(14)2-8(5-16)3-11(13)15/h2-3,9H,4,6H2,1H3. The quantitative estimate of drug-likeness (QED) is 0.836. The molecule has 0 aliphatic carbocycles. The van der Waals surface area contributed by atoms with Crippen LogP contribution in [0.2, 0.25) is 10.0 Å². The molecule has 7 heteroatoms. The highest BCUT2D eigenvalue weighted by atomic mass is 35.5. The lowest BCUT2D eigenvalue weighted by Crippen LogP contribution is -2.25. The second-order valence-corrected chi connectivity index (χ2v) is 6.63. The number of carbonyl (C=O) groups excluding carboxylic acids is 2. The van der Waals surface area contributed by atoms with Crippen LogP contribution in [0, 0.1) is 11.3 Å². The van der Waals surface area contributed by atoms with E-state index in [9.17, 15) is 9.59 Å². The zero-order valence-corrected chi connectivity index (χ0v) is 12.8. The monoisotopic (exact) mass is 328 g/mol. The maximum Gasteiger partial charge on any atom is 0.228 e. The number of anilines is 1. The third-order valence-corrected chi connectivity index (χ3v) is 4.40. The Kier molecular flexibility index (Phi) is 4.59. The van der Waals surface area contributed by atoms with Crippen molar-refractivity contribution < 1.29 is 9.59 Å². The Hall–Kier alpha value is -1.22. The molecule has 1 amide bonds. The fraction of sp³-hybridized carbons (Fsp3) is 0.308. The molecule has 0 bridgehead atoms. The van der Waals surface area contributed by atoms with Gasteiger partial charge in [0, 0.05) is 25.1 Å². The van der Waals surface area contributed by atoms with Crippen molar-refractivity contribution in [3.05, 3.63) is 27.7 Å². The van der Waals surface area contributed by atoms with Crippen LogP contribution in [-0.4, -0.2) is 22.8 Å². The molecule has 1 atom stereocenters. The minimum atomic E-state index is -0.128. The van der Waals surface area contributed by atoms with E-state index in [0.717, 1.165) is 11.8 Å². The third-order valence-electron chi connectivity index (χ3n) is 2.84. The number of hydrogen-bond donors (Lipinski definition) is 0. The summed E-state index contributed by atoms with van der Waals surface area (Å²) in [5.41, 5.74) is 0.744. The highest BCUT2D eigenvalue weighted by Crippen LogP contribution is 2.38. The Morgan fingerprint density at radius 1 is 1.45 bits per heavy atom. The largest absolute Gasteiger partial charge is 0.308 e. The molecule has 1 aromatic rings. The van der Waals surface area contributed by atoms with Gasteiger partial charge < -0.3 is 4.90 Å². The molecule has 1 saturated heterocycles. The average molecular weight is 329 g/mol. The van der Waals surface area contributed by atoms with Gasteiger partial charge in [-0.05, 0) is 12.1 Å². The predicted octanol–water partition coefficient (Wildman–Crippen LogP) is 3.25. The summed E-state index contributed by atoms with van der Waals surface area (Å²) in [7, 11) is 0. The number of rotatable bonds is 2. The minimum Gasteiger partial charge on any atom is -0.308 e. The fourth-order valence-corrected chi connectivity index (χ4v) is 3.70. The number of nitriles is 1. The highest BCUT2D eigenvalue weighted by molar-refractivity contribution is 8.14. The Bertz CT molecular complexity index is 604. The van der Waals surface area contributed by atoms with Gasteiger partial charge in [0.25, 0.3) is 0 Å². The van der Waals surface area contributed by atoms with Crippen LogP contribution in [0.1, 0.15) is 18.9 Å². The summed E-state index contributed by atoms with van der Waals surface area (Å²) in [4.78, 5) is 24.6. The van der Waals surface area contributed by atoms with E-state index in [4.69, 9.17) is 28.5 Å². The zero-order valence-electron chi connectivity index (χ0n) is 10.5. The van der Waals surface area contributed by atoms with E-state index in [0.29, 0.717) is 17.8 Å². The van der Waals surface area contributed by atoms with Crippen LogP contribution >= 0.6 is 35.0 Å². The van der Waals surface area contributed by atoms with Crippen molar-refractivity contribution in [1.29, 1.82) is 5.26 Å². The van der Waals surface area contributed by atoms with Gasteiger partial charge in [-0.25, -0.2) is 0 Å². The normalized spacial score (nSPS) is 18.2. The van der Waals surface area contributed by atoms with E-state index in [2.05, 4.69) is 0 Å². The van der Waals surface area contributed by atoms with Gasteiger partial charge in [0.05, 0.1) is 27.4 Å². The van der Waals surface area contributed by atoms with E-state index in [1.54, 1.807) is 0 Å². The van der Waals surface area contributed by atoms with E-state index in [-0.39, 0.29) is 32.7 Å². The van der Waals surface area contributed by atoms with Gasteiger partial charge in [0.15, 0.2) is 5.12 Å². The molecule has 1 heterocycles. The Balaban J connectivity index is 2.31. The van der Waals surface area contributed by atoms with Crippen LogP contribution in [0.3, 0.4) is 0 Å². The number of thioether (sulfide) groups is 1. The van der Waals surface area contributed by atoms with Crippen molar-refractivity contribution >= 4 is 51.7 Å². The molecule has 0 aromatic heterocycles. The van der Waals surface area contributed by atoms with Crippen molar-refractivity contribution in [1.82, 2.24) is 0 Å². The molecule has 20 heavy (non-hydrogen) atoms. The smallest absolute Gasteiger partial charge is 0.228 e. The van der Waals surface area contributed by atoms with Gasteiger partial charge in [-0.2, -0.15) is 5.26 Å². The first-order valence-electron chi connectivity index (χ1n) is 5.79. The van der Waals surface area contributed by atoms with Crippen LogP contribution in [0.5, 0.6) is 0 Å². The molecule has 1 unspecified atom stereocenters. The molecule has 1 aliphatic heterocycles. The second-order valence-electron chi connectivity index (χ2n) is 4.34. The summed E-state index contributed by atoms with van der Waals surface area (Å²) in [6.45, 7) is 1.86. The number of hydrogen-bond acceptors (Lipinski definition) is 4. The van der Waals surface area contributed by atoms with Crippen molar-refractivity contribution in [3.8, 4) is 6.07 Å². The summed E-state index contributed by atoms with van der Waals surface area (Å²) in [6, 6.07) is 4.90. The number of nitrogens with zero attached hydrogens (tertiary/aromatic N) is 2. The van der Waals surface area contributed by atoms with E-state index in [1.165, 1.54) is 24.0 Å². The predicted molar refractivity (Wildman–Crippen MR) is 80.2 cm³/mol. The van der Waals surface area contributed by atoms with Gasteiger partial charge in [0.1, 0.15) is 0 Å². The molecule has 104 valence electrons. The lowest BCUT2D eigenvalue weighted by atomic mass is 10.2. The van der Waals surface area contributed by atoms with Gasteiger partial charge in [0.2, 0.25) is 5.91 Å². The summed E-state index contributed by atoms with van der Waals surface area (Å²) in [5, 5.41) is 9.25. The van der Waals surface area contributed by atoms with E-state index in [1.807, 2.05) is 6.07 Å². The second kappa shape index (κ2) is 6.04. The molecule has 1 aromatic carbocycles.